The summed E-state index contributed by atoms with van der Waals surface area (Å²) in [6, 6.07) is 7.14. The molecule has 30 heavy (non-hydrogen) atoms. The fraction of sp³-hybridized carbons (Fsp3) is 0.571. The van der Waals surface area contributed by atoms with Gasteiger partial charge < -0.3 is 20.1 Å². The van der Waals surface area contributed by atoms with E-state index < -0.39 is 0 Å². The van der Waals surface area contributed by atoms with E-state index in [1.54, 1.807) is 12.1 Å². The van der Waals surface area contributed by atoms with Gasteiger partial charge in [-0.1, -0.05) is 6.07 Å². The predicted octanol–water partition coefficient (Wildman–Crippen LogP) is 2.74. The van der Waals surface area contributed by atoms with Crippen LogP contribution in [0.1, 0.15) is 30.9 Å². The maximum absolute atomic E-state index is 13.6. The van der Waals surface area contributed by atoms with Gasteiger partial charge in [-0.05, 0) is 50.3 Å². The number of fused-ring (bicyclic) bond motifs is 1. The molecule has 7 nitrogen and oxygen atoms in total. The number of aromatic nitrogens is 3. The van der Waals surface area contributed by atoms with Crippen LogP contribution in [0.25, 0.3) is 0 Å². The fourth-order valence-corrected chi connectivity index (χ4v) is 4.33. The highest BCUT2D eigenvalue weighted by atomic mass is 127. The standard InChI is InChI=1S/C21H30FN7.HI/c1-15-26-27-20-9-8-16(13-29(15)20)12-24-21(23-2)25-18-6-4-10-28(14-18)19-7-3-5-17(22)11-19;/h3,5,7,11,16,18H,4,6,8-10,12-14H2,1-2H3,(H2,23,24,25);1H. The lowest BCUT2D eigenvalue weighted by atomic mass is 9.99. The van der Waals surface area contributed by atoms with Gasteiger partial charge in [0.05, 0.1) is 0 Å². The number of benzene rings is 1. The number of hydrogen-bond donors (Lipinski definition) is 2. The second-order valence-electron chi connectivity index (χ2n) is 8.04. The van der Waals surface area contributed by atoms with Crippen LogP contribution in [0.2, 0.25) is 0 Å². The summed E-state index contributed by atoms with van der Waals surface area (Å²) < 4.78 is 15.8. The van der Waals surface area contributed by atoms with E-state index >= 15 is 0 Å². The molecule has 0 bridgehead atoms. The molecule has 2 unspecified atom stereocenters. The van der Waals surface area contributed by atoms with Crippen molar-refractivity contribution in [3.05, 3.63) is 41.7 Å². The van der Waals surface area contributed by atoms with Gasteiger partial charge >= 0.3 is 0 Å². The van der Waals surface area contributed by atoms with Gasteiger partial charge in [0.1, 0.15) is 17.5 Å². The number of hydrogen-bond acceptors (Lipinski definition) is 4. The Kier molecular flexibility index (Phi) is 7.90. The van der Waals surface area contributed by atoms with Gasteiger partial charge in [0.25, 0.3) is 0 Å². The molecule has 1 aromatic heterocycles. The lowest BCUT2D eigenvalue weighted by Crippen LogP contribution is -2.52. The zero-order valence-electron chi connectivity index (χ0n) is 17.6. The Morgan fingerprint density at radius 2 is 2.13 bits per heavy atom. The minimum Gasteiger partial charge on any atom is -0.369 e. The Morgan fingerprint density at radius 1 is 1.27 bits per heavy atom. The SMILES string of the molecule is CN=C(NCC1CCc2nnc(C)n2C1)NC1CCCN(c2cccc(F)c2)C1.I. The zero-order valence-corrected chi connectivity index (χ0v) is 20.0. The van der Waals surface area contributed by atoms with Crippen molar-refractivity contribution in [3.63, 3.8) is 0 Å². The topological polar surface area (TPSA) is 70.4 Å². The van der Waals surface area contributed by atoms with Crippen LogP contribution in [0, 0.1) is 18.7 Å². The highest BCUT2D eigenvalue weighted by molar-refractivity contribution is 14.0. The van der Waals surface area contributed by atoms with Crippen molar-refractivity contribution in [3.8, 4) is 0 Å². The predicted molar refractivity (Wildman–Crippen MR) is 128 cm³/mol. The third-order valence-electron chi connectivity index (χ3n) is 5.95. The molecule has 3 heterocycles. The molecular formula is C21H31FIN7. The van der Waals surface area contributed by atoms with E-state index in [1.807, 2.05) is 20.0 Å². The molecule has 2 aliphatic heterocycles. The number of anilines is 1. The van der Waals surface area contributed by atoms with Gasteiger partial charge in [-0.3, -0.25) is 4.99 Å². The fourth-order valence-electron chi connectivity index (χ4n) is 4.33. The summed E-state index contributed by atoms with van der Waals surface area (Å²) in [4.78, 5) is 6.66. The van der Waals surface area contributed by atoms with Crippen LogP contribution in [0.5, 0.6) is 0 Å². The third kappa shape index (κ3) is 5.41. The Morgan fingerprint density at radius 3 is 2.93 bits per heavy atom. The molecule has 4 rings (SSSR count). The van der Waals surface area contributed by atoms with Gasteiger partial charge in [-0.15, -0.1) is 34.2 Å². The van der Waals surface area contributed by atoms with E-state index in [1.165, 1.54) is 6.07 Å². The van der Waals surface area contributed by atoms with Gasteiger partial charge in [-0.2, -0.15) is 0 Å². The summed E-state index contributed by atoms with van der Waals surface area (Å²) >= 11 is 0. The first-order valence-electron chi connectivity index (χ1n) is 10.5. The molecule has 0 spiro atoms. The summed E-state index contributed by atoms with van der Waals surface area (Å²) in [6.07, 6.45) is 4.24. The lowest BCUT2D eigenvalue weighted by Gasteiger charge is -2.35. The quantitative estimate of drug-likeness (QED) is 0.364. The third-order valence-corrected chi connectivity index (χ3v) is 5.95. The molecule has 0 saturated carbocycles. The average molecular weight is 527 g/mol. The Bertz CT molecular complexity index is 869. The van der Waals surface area contributed by atoms with Crippen molar-refractivity contribution in [2.24, 2.45) is 10.9 Å². The van der Waals surface area contributed by atoms with E-state index in [9.17, 15) is 4.39 Å². The van der Waals surface area contributed by atoms with Crippen LogP contribution in [-0.4, -0.2) is 53.4 Å². The summed E-state index contributed by atoms with van der Waals surface area (Å²) in [5.74, 6) is 3.27. The molecule has 2 aliphatic rings. The Hall–Kier alpha value is -1.91. The summed E-state index contributed by atoms with van der Waals surface area (Å²) in [6.45, 7) is 5.64. The van der Waals surface area contributed by atoms with Crippen molar-refractivity contribution >= 4 is 35.6 Å². The first kappa shape index (κ1) is 22.8. The van der Waals surface area contributed by atoms with Gasteiger partial charge in [0.15, 0.2) is 5.96 Å². The first-order chi connectivity index (χ1) is 14.1. The minimum atomic E-state index is -0.186. The molecule has 0 radical (unpaired) electrons. The minimum absolute atomic E-state index is 0. The van der Waals surface area contributed by atoms with Crippen molar-refractivity contribution in [1.29, 1.82) is 0 Å². The molecule has 0 aliphatic carbocycles. The number of rotatable bonds is 4. The maximum Gasteiger partial charge on any atom is 0.191 e. The highest BCUT2D eigenvalue weighted by Crippen LogP contribution is 2.21. The Balaban J connectivity index is 0.00000256. The van der Waals surface area contributed by atoms with E-state index in [0.717, 1.165) is 75.2 Å². The highest BCUT2D eigenvalue weighted by Gasteiger charge is 2.23. The van der Waals surface area contributed by atoms with E-state index in [4.69, 9.17) is 0 Å². The number of nitrogens with zero attached hydrogens (tertiary/aromatic N) is 5. The monoisotopic (exact) mass is 527 g/mol. The smallest absolute Gasteiger partial charge is 0.191 e. The zero-order chi connectivity index (χ0) is 20.2. The van der Waals surface area contributed by atoms with Crippen LogP contribution in [0.15, 0.2) is 29.3 Å². The van der Waals surface area contributed by atoms with Crippen LogP contribution in [-0.2, 0) is 13.0 Å². The summed E-state index contributed by atoms with van der Waals surface area (Å²) in [5, 5.41) is 15.5. The molecule has 2 N–H and O–H groups in total. The summed E-state index contributed by atoms with van der Waals surface area (Å²) in [7, 11) is 1.81. The molecule has 1 saturated heterocycles. The lowest BCUT2D eigenvalue weighted by molar-refractivity contribution is 0.357. The molecule has 1 aromatic carbocycles. The largest absolute Gasteiger partial charge is 0.369 e. The van der Waals surface area contributed by atoms with Crippen LogP contribution >= 0.6 is 24.0 Å². The molecule has 0 amide bonds. The van der Waals surface area contributed by atoms with Gasteiger partial charge in [0, 0.05) is 51.4 Å². The second kappa shape index (κ2) is 10.4. The summed E-state index contributed by atoms with van der Waals surface area (Å²) in [5.41, 5.74) is 0.946. The van der Waals surface area contributed by atoms with E-state index in [2.05, 4.69) is 35.3 Å². The number of nitrogens with one attached hydrogen (secondary N) is 2. The van der Waals surface area contributed by atoms with Crippen molar-refractivity contribution < 1.29 is 4.39 Å². The average Bonchev–Trinajstić information content (AvgIpc) is 3.11. The Labute approximate surface area is 194 Å². The van der Waals surface area contributed by atoms with Gasteiger partial charge in [-0.25, -0.2) is 4.39 Å². The van der Waals surface area contributed by atoms with Crippen molar-refractivity contribution in [2.45, 2.75) is 45.2 Å². The molecule has 2 aromatic rings. The molecule has 9 heteroatoms. The normalized spacial score (nSPS) is 21.6. The molecule has 2 atom stereocenters. The molecular weight excluding hydrogens is 496 g/mol. The first-order valence-corrected chi connectivity index (χ1v) is 10.5. The molecule has 1 fully saturated rings. The second-order valence-corrected chi connectivity index (χ2v) is 8.04. The number of guanidine groups is 1. The van der Waals surface area contributed by atoms with Crippen LogP contribution < -0.4 is 15.5 Å². The number of halogens is 2. The van der Waals surface area contributed by atoms with Crippen molar-refractivity contribution in [2.75, 3.05) is 31.6 Å². The van der Waals surface area contributed by atoms with Gasteiger partial charge in [0.2, 0.25) is 0 Å². The van der Waals surface area contributed by atoms with E-state index in [0.29, 0.717) is 5.92 Å². The number of piperidine rings is 1. The number of aryl methyl sites for hydroxylation is 2. The molecule has 164 valence electrons. The van der Waals surface area contributed by atoms with Crippen molar-refractivity contribution in [1.82, 2.24) is 25.4 Å². The van der Waals surface area contributed by atoms with Crippen LogP contribution in [0.3, 0.4) is 0 Å². The van der Waals surface area contributed by atoms with Crippen LogP contribution in [0.4, 0.5) is 10.1 Å². The van der Waals surface area contributed by atoms with E-state index in [-0.39, 0.29) is 35.8 Å². The maximum atomic E-state index is 13.6. The number of aliphatic imine (C=N–C) groups is 1.